The first-order valence-electron chi connectivity index (χ1n) is 14.4. The minimum Gasteiger partial charge on any atom is -0.465 e. The minimum absolute atomic E-state index is 0.0970. The summed E-state index contributed by atoms with van der Waals surface area (Å²) in [7, 11) is 1.35. The molecule has 1 aromatic heterocycles. The van der Waals surface area contributed by atoms with E-state index in [1.165, 1.54) is 60.0 Å². The number of hydrogen-bond donors (Lipinski definition) is 2. The molecule has 1 atom stereocenters. The van der Waals surface area contributed by atoms with Gasteiger partial charge in [0.25, 0.3) is 11.6 Å². The van der Waals surface area contributed by atoms with E-state index in [1.807, 2.05) is 31.2 Å². The third-order valence-electron chi connectivity index (χ3n) is 7.38. The molecule has 0 spiro atoms. The van der Waals surface area contributed by atoms with E-state index < -0.39 is 22.0 Å². The Labute approximate surface area is 268 Å². The van der Waals surface area contributed by atoms with Crippen molar-refractivity contribution in [3.05, 3.63) is 116 Å². The molecular weight excluding hydrogens is 613 g/mol. The van der Waals surface area contributed by atoms with Crippen LogP contribution in [0, 0.1) is 10.1 Å². The van der Waals surface area contributed by atoms with Crippen molar-refractivity contribution in [1.82, 2.24) is 4.90 Å². The number of methoxy groups -OCH3 is 1. The van der Waals surface area contributed by atoms with Crippen LogP contribution in [0.5, 0.6) is 0 Å². The van der Waals surface area contributed by atoms with Gasteiger partial charge in [-0.3, -0.25) is 24.6 Å². The Morgan fingerprint density at radius 1 is 1.04 bits per heavy atom. The van der Waals surface area contributed by atoms with E-state index in [4.69, 9.17) is 4.74 Å². The van der Waals surface area contributed by atoms with Crippen LogP contribution in [-0.2, 0) is 29.0 Å². The molecule has 2 heterocycles. The fraction of sp³-hybridized carbons (Fsp3) is 0.242. The van der Waals surface area contributed by atoms with Gasteiger partial charge in [-0.1, -0.05) is 43.3 Å². The number of nitro benzene ring substituents is 1. The van der Waals surface area contributed by atoms with E-state index in [9.17, 15) is 24.5 Å². The molecule has 0 aliphatic carbocycles. The lowest BCUT2D eigenvalue weighted by molar-refractivity contribution is -0.384. The number of nitrogens with zero attached hydrogens (tertiary/aromatic N) is 2. The number of rotatable bonds is 11. The van der Waals surface area contributed by atoms with E-state index in [-0.39, 0.29) is 17.2 Å². The van der Waals surface area contributed by atoms with Crippen LogP contribution in [0.25, 0.3) is 0 Å². The quantitative estimate of drug-likeness (QED) is 0.0793. The molecule has 10 nitrogen and oxygen atoms in total. The molecule has 1 aliphatic rings. The summed E-state index contributed by atoms with van der Waals surface area (Å²) in [6.45, 7) is 4.19. The predicted molar refractivity (Wildman–Crippen MR) is 176 cm³/mol. The molecule has 0 saturated carbocycles. The van der Waals surface area contributed by atoms with Crippen molar-refractivity contribution < 1.29 is 24.0 Å². The summed E-state index contributed by atoms with van der Waals surface area (Å²) in [5, 5.41) is 16.8. The van der Waals surface area contributed by atoms with Crippen LogP contribution >= 0.6 is 23.1 Å². The topological polar surface area (TPSA) is 131 Å². The summed E-state index contributed by atoms with van der Waals surface area (Å²) >= 11 is 2.78. The van der Waals surface area contributed by atoms with Crippen LogP contribution in [0.1, 0.15) is 50.1 Å². The molecule has 0 fully saturated rings. The number of esters is 1. The highest BCUT2D eigenvalue weighted by Gasteiger charge is 2.30. The van der Waals surface area contributed by atoms with Gasteiger partial charge in [0.2, 0.25) is 5.91 Å². The summed E-state index contributed by atoms with van der Waals surface area (Å²) in [4.78, 5) is 53.7. The highest BCUT2D eigenvalue weighted by Crippen LogP contribution is 2.39. The molecular formula is C33H32N4O6S2. The van der Waals surface area contributed by atoms with Gasteiger partial charge in [0.05, 0.1) is 22.8 Å². The Bertz CT molecular complexity index is 1710. The number of thiophene rings is 1. The summed E-state index contributed by atoms with van der Waals surface area (Å²) in [6, 6.07) is 22.7. The second-order valence-electron chi connectivity index (χ2n) is 10.4. The van der Waals surface area contributed by atoms with Crippen LogP contribution in [0.15, 0.2) is 83.8 Å². The summed E-state index contributed by atoms with van der Waals surface area (Å²) in [5.41, 5.74) is 3.30. The van der Waals surface area contributed by atoms with Gasteiger partial charge in [-0.05, 0) is 54.3 Å². The third-order valence-corrected chi connectivity index (χ3v) is 9.88. The van der Waals surface area contributed by atoms with Crippen molar-refractivity contribution in [1.29, 1.82) is 0 Å². The number of carbonyl (C=O) groups is 3. The Balaban J connectivity index is 1.27. The molecule has 2 amide bonds. The average Bonchev–Trinajstić information content (AvgIpc) is 3.40. The lowest BCUT2D eigenvalue weighted by Crippen LogP contribution is -2.30. The highest BCUT2D eigenvalue weighted by atomic mass is 32.2. The van der Waals surface area contributed by atoms with Gasteiger partial charge in [0, 0.05) is 52.8 Å². The van der Waals surface area contributed by atoms with Crippen LogP contribution in [0.3, 0.4) is 0 Å². The fourth-order valence-corrected chi connectivity index (χ4v) is 7.40. The zero-order chi connectivity index (χ0) is 31.9. The molecule has 5 rings (SSSR count). The number of fused-ring (bicyclic) bond motifs is 1. The largest absolute Gasteiger partial charge is 0.465 e. The highest BCUT2D eigenvalue weighted by molar-refractivity contribution is 8.00. The van der Waals surface area contributed by atoms with Crippen LogP contribution < -0.4 is 10.6 Å². The molecule has 3 aromatic carbocycles. The van der Waals surface area contributed by atoms with Crippen molar-refractivity contribution in [2.24, 2.45) is 0 Å². The van der Waals surface area contributed by atoms with Crippen molar-refractivity contribution in [2.75, 3.05) is 24.3 Å². The molecule has 1 aliphatic heterocycles. The van der Waals surface area contributed by atoms with Gasteiger partial charge in [0.15, 0.2) is 0 Å². The van der Waals surface area contributed by atoms with E-state index in [1.54, 1.807) is 18.2 Å². The predicted octanol–water partition coefficient (Wildman–Crippen LogP) is 6.76. The fourth-order valence-electron chi connectivity index (χ4n) is 5.10. The minimum atomic E-state index is -0.522. The van der Waals surface area contributed by atoms with Gasteiger partial charge in [0.1, 0.15) is 5.00 Å². The number of ether oxygens (including phenoxy) is 1. The number of anilines is 2. The number of benzene rings is 3. The number of thioether (sulfide) groups is 1. The van der Waals surface area contributed by atoms with Crippen molar-refractivity contribution in [2.45, 2.75) is 43.0 Å². The maximum absolute atomic E-state index is 13.5. The van der Waals surface area contributed by atoms with Gasteiger partial charge >= 0.3 is 5.97 Å². The van der Waals surface area contributed by atoms with Crippen molar-refractivity contribution in [3.63, 3.8) is 0 Å². The maximum Gasteiger partial charge on any atom is 0.341 e. The van der Waals surface area contributed by atoms with Crippen molar-refractivity contribution in [3.8, 4) is 0 Å². The standard InChI is InChI=1S/C33H32N4O6S2/c1-3-27(44-25-11-7-10-23(18-25)34-30(38)22-12-14-24(15-13-22)37(41)42)31(39)35-32-29(33(40)43-2)26-16-17-36(20-28(26)45-32)19-21-8-5-4-6-9-21/h4-15,18,27H,3,16-17,19-20H2,1-2H3,(H,34,38)(H,35,39). The zero-order valence-corrected chi connectivity index (χ0v) is 26.4. The van der Waals surface area contributed by atoms with Crippen LogP contribution in [0.2, 0.25) is 0 Å². The van der Waals surface area contributed by atoms with Crippen LogP contribution in [-0.4, -0.2) is 46.5 Å². The van der Waals surface area contributed by atoms with Gasteiger partial charge < -0.3 is 15.4 Å². The summed E-state index contributed by atoms with van der Waals surface area (Å²) in [5.74, 6) is -1.10. The Kier molecular flexibility index (Phi) is 10.3. The Hall–Kier alpha value is -4.52. The summed E-state index contributed by atoms with van der Waals surface area (Å²) < 4.78 is 5.11. The van der Waals surface area contributed by atoms with Gasteiger partial charge in [-0.2, -0.15) is 0 Å². The number of nitrogens with one attached hydrogen (secondary N) is 2. The van der Waals surface area contributed by atoms with Gasteiger partial charge in [-0.25, -0.2) is 4.79 Å². The second-order valence-corrected chi connectivity index (χ2v) is 12.8. The Morgan fingerprint density at radius 2 is 1.80 bits per heavy atom. The smallest absolute Gasteiger partial charge is 0.341 e. The first-order chi connectivity index (χ1) is 21.7. The second kappa shape index (κ2) is 14.5. The van der Waals surface area contributed by atoms with E-state index in [0.29, 0.717) is 35.6 Å². The molecule has 4 aromatic rings. The first kappa shape index (κ1) is 31.9. The molecule has 0 saturated heterocycles. The lowest BCUT2D eigenvalue weighted by Gasteiger charge is -2.27. The monoisotopic (exact) mass is 644 g/mol. The van der Waals surface area contributed by atoms with E-state index in [2.05, 4.69) is 27.7 Å². The third kappa shape index (κ3) is 7.77. The Morgan fingerprint density at radius 3 is 2.49 bits per heavy atom. The van der Waals surface area contributed by atoms with Crippen LogP contribution in [0.4, 0.5) is 16.4 Å². The summed E-state index contributed by atoms with van der Waals surface area (Å²) in [6.07, 6.45) is 1.21. The molecule has 0 bridgehead atoms. The normalized spacial score (nSPS) is 13.4. The number of nitro groups is 1. The number of amides is 2. The number of non-ortho nitro benzene ring substituents is 1. The molecule has 0 radical (unpaired) electrons. The van der Waals surface area contributed by atoms with E-state index >= 15 is 0 Å². The maximum atomic E-state index is 13.5. The van der Waals surface area contributed by atoms with E-state index in [0.717, 1.165) is 28.4 Å². The van der Waals surface area contributed by atoms with Gasteiger partial charge in [-0.15, -0.1) is 23.1 Å². The average molecular weight is 645 g/mol. The number of carbonyl (C=O) groups excluding carboxylic acids is 3. The molecule has 2 N–H and O–H groups in total. The zero-order valence-electron chi connectivity index (χ0n) is 24.8. The number of hydrogen-bond acceptors (Lipinski definition) is 9. The molecule has 1 unspecified atom stereocenters. The molecule has 45 heavy (non-hydrogen) atoms. The first-order valence-corrected chi connectivity index (χ1v) is 16.1. The molecule has 12 heteroatoms. The SMILES string of the molecule is CCC(Sc1cccc(NC(=O)c2ccc([N+](=O)[O-])cc2)c1)C(=O)Nc1sc2c(c1C(=O)OC)CCN(Cc1ccccc1)C2. The van der Waals surface area contributed by atoms with Crippen molar-refractivity contribution >= 4 is 57.3 Å². The molecule has 232 valence electrons. The lowest BCUT2D eigenvalue weighted by atomic mass is 10.0.